The zero-order valence-corrected chi connectivity index (χ0v) is 9.79. The molecule has 16 heavy (non-hydrogen) atoms. The van der Waals surface area contributed by atoms with E-state index in [1.54, 1.807) is 0 Å². The minimum Gasteiger partial charge on any atom is -0.303 e. The van der Waals surface area contributed by atoms with Crippen molar-refractivity contribution in [2.75, 3.05) is 0 Å². The van der Waals surface area contributed by atoms with Crippen LogP contribution in [-0.2, 0) is 9.59 Å². The van der Waals surface area contributed by atoms with Gasteiger partial charge in [-0.2, -0.15) is 0 Å². The molecule has 1 atom stereocenters. The van der Waals surface area contributed by atoms with Gasteiger partial charge in [0.25, 0.3) is 0 Å². The number of amides is 2. The van der Waals surface area contributed by atoms with Gasteiger partial charge in [-0.1, -0.05) is 6.92 Å². The van der Waals surface area contributed by atoms with Crippen molar-refractivity contribution >= 4 is 11.8 Å². The van der Waals surface area contributed by atoms with Crippen LogP contribution in [0.1, 0.15) is 45.4 Å². The van der Waals surface area contributed by atoms with Crippen LogP contribution in [0.15, 0.2) is 0 Å². The molecule has 1 aliphatic carbocycles. The van der Waals surface area contributed by atoms with Crippen LogP contribution in [0.25, 0.3) is 0 Å². The number of carbonyl (C=O) groups excluding carboxylic acids is 2. The fourth-order valence-electron chi connectivity index (χ4n) is 2.56. The Balaban J connectivity index is 1.81. The molecule has 0 aromatic rings. The maximum atomic E-state index is 11.5. The topological polar surface area (TPSA) is 58.2 Å². The Morgan fingerprint density at radius 3 is 2.44 bits per heavy atom. The number of hydrogen-bond acceptors (Lipinski definition) is 3. The second-order valence-electron chi connectivity index (χ2n) is 5.13. The Morgan fingerprint density at radius 2 is 1.81 bits per heavy atom. The molecule has 4 nitrogen and oxygen atoms in total. The highest BCUT2D eigenvalue weighted by atomic mass is 16.2. The molecule has 0 bridgehead atoms. The van der Waals surface area contributed by atoms with Crippen molar-refractivity contribution in [2.45, 2.75) is 57.5 Å². The monoisotopic (exact) mass is 224 g/mol. The van der Waals surface area contributed by atoms with E-state index >= 15 is 0 Å². The molecular formula is C12H20N2O2. The molecule has 2 N–H and O–H groups in total. The minimum atomic E-state index is -0.156. The van der Waals surface area contributed by atoms with Gasteiger partial charge in [0.15, 0.2) is 0 Å². The largest absolute Gasteiger partial charge is 0.303 e. The average molecular weight is 224 g/mol. The van der Waals surface area contributed by atoms with E-state index in [9.17, 15) is 9.59 Å². The third-order valence-electron chi connectivity index (χ3n) is 3.69. The molecule has 1 saturated carbocycles. The van der Waals surface area contributed by atoms with Gasteiger partial charge in [0.1, 0.15) is 0 Å². The first kappa shape index (κ1) is 11.6. The van der Waals surface area contributed by atoms with Crippen LogP contribution in [-0.4, -0.2) is 23.9 Å². The number of nitrogens with one attached hydrogen (secondary N) is 2. The van der Waals surface area contributed by atoms with Gasteiger partial charge in [-0.3, -0.25) is 14.9 Å². The van der Waals surface area contributed by atoms with E-state index in [4.69, 9.17) is 0 Å². The Hall–Kier alpha value is -0.900. The number of piperidine rings is 1. The van der Waals surface area contributed by atoms with Gasteiger partial charge in [0.05, 0.1) is 6.04 Å². The number of hydrogen-bond donors (Lipinski definition) is 2. The van der Waals surface area contributed by atoms with E-state index in [1.165, 1.54) is 12.8 Å². The van der Waals surface area contributed by atoms with Crippen molar-refractivity contribution in [2.24, 2.45) is 5.92 Å². The van der Waals surface area contributed by atoms with Crippen LogP contribution in [0.2, 0.25) is 0 Å². The van der Waals surface area contributed by atoms with Crippen LogP contribution < -0.4 is 10.6 Å². The molecule has 2 aliphatic rings. The number of imide groups is 1. The van der Waals surface area contributed by atoms with Gasteiger partial charge in [0.2, 0.25) is 11.8 Å². The van der Waals surface area contributed by atoms with E-state index in [1.807, 2.05) is 0 Å². The molecule has 1 aliphatic heterocycles. The number of carbonyl (C=O) groups is 2. The minimum absolute atomic E-state index is 0.139. The summed E-state index contributed by atoms with van der Waals surface area (Å²) in [6.07, 6.45) is 5.90. The Labute approximate surface area is 96.2 Å². The van der Waals surface area contributed by atoms with E-state index in [0.717, 1.165) is 18.8 Å². The Morgan fingerprint density at radius 1 is 1.12 bits per heavy atom. The van der Waals surface area contributed by atoms with Gasteiger partial charge >= 0.3 is 0 Å². The molecule has 2 amide bonds. The third kappa shape index (κ3) is 2.82. The predicted octanol–water partition coefficient (Wildman–Crippen LogP) is 0.960. The lowest BCUT2D eigenvalue weighted by molar-refractivity contribution is -0.134. The second-order valence-corrected chi connectivity index (χ2v) is 5.13. The predicted molar refractivity (Wildman–Crippen MR) is 60.7 cm³/mol. The van der Waals surface area contributed by atoms with Crippen molar-refractivity contribution in [1.29, 1.82) is 0 Å². The smallest absolute Gasteiger partial charge is 0.243 e. The lowest BCUT2D eigenvalue weighted by Crippen LogP contribution is -2.53. The van der Waals surface area contributed by atoms with E-state index in [0.29, 0.717) is 18.9 Å². The van der Waals surface area contributed by atoms with Crippen molar-refractivity contribution in [3.63, 3.8) is 0 Å². The summed E-state index contributed by atoms with van der Waals surface area (Å²) in [6.45, 7) is 2.28. The summed E-state index contributed by atoms with van der Waals surface area (Å²) in [4.78, 5) is 22.5. The second kappa shape index (κ2) is 4.95. The molecule has 0 aromatic carbocycles. The molecular weight excluding hydrogens is 204 g/mol. The third-order valence-corrected chi connectivity index (χ3v) is 3.69. The summed E-state index contributed by atoms with van der Waals surface area (Å²) < 4.78 is 0. The molecule has 0 spiro atoms. The maximum Gasteiger partial charge on any atom is 0.243 e. The summed E-state index contributed by atoms with van der Waals surface area (Å²) in [6, 6.07) is 0.302. The lowest BCUT2D eigenvalue weighted by Gasteiger charge is -2.31. The van der Waals surface area contributed by atoms with Crippen molar-refractivity contribution in [3.8, 4) is 0 Å². The summed E-state index contributed by atoms with van der Waals surface area (Å²) >= 11 is 0. The fraction of sp³-hybridized carbons (Fsp3) is 0.833. The van der Waals surface area contributed by atoms with Crippen molar-refractivity contribution in [3.05, 3.63) is 0 Å². The molecule has 4 heteroatoms. The van der Waals surface area contributed by atoms with Gasteiger partial charge < -0.3 is 5.32 Å². The maximum absolute atomic E-state index is 11.5. The molecule has 1 heterocycles. The van der Waals surface area contributed by atoms with Crippen LogP contribution in [0, 0.1) is 5.92 Å². The van der Waals surface area contributed by atoms with E-state index < -0.39 is 0 Å². The molecule has 2 rings (SSSR count). The zero-order valence-electron chi connectivity index (χ0n) is 9.79. The highest BCUT2D eigenvalue weighted by molar-refractivity contribution is 6.00. The summed E-state index contributed by atoms with van der Waals surface area (Å²) in [5, 5.41) is 5.77. The van der Waals surface area contributed by atoms with Crippen LogP contribution in [0.4, 0.5) is 0 Å². The van der Waals surface area contributed by atoms with Crippen LogP contribution >= 0.6 is 0 Å². The van der Waals surface area contributed by atoms with Crippen LogP contribution in [0.3, 0.4) is 0 Å². The van der Waals surface area contributed by atoms with Gasteiger partial charge in [-0.25, -0.2) is 0 Å². The van der Waals surface area contributed by atoms with Gasteiger partial charge in [0, 0.05) is 12.5 Å². The quantitative estimate of drug-likeness (QED) is 0.687. The number of rotatable bonds is 2. The highest BCUT2D eigenvalue weighted by Crippen LogP contribution is 2.24. The van der Waals surface area contributed by atoms with Crippen LogP contribution in [0.5, 0.6) is 0 Å². The molecule has 0 radical (unpaired) electrons. The summed E-state index contributed by atoms with van der Waals surface area (Å²) in [5.74, 6) is 0.537. The highest BCUT2D eigenvalue weighted by Gasteiger charge is 2.29. The van der Waals surface area contributed by atoms with Crippen molar-refractivity contribution in [1.82, 2.24) is 10.6 Å². The Kier molecular flexibility index (Phi) is 3.59. The van der Waals surface area contributed by atoms with Gasteiger partial charge in [-0.05, 0) is 38.0 Å². The zero-order chi connectivity index (χ0) is 11.5. The first-order valence-electron chi connectivity index (χ1n) is 6.25. The SMILES string of the molecule is CC1CCC(NC2CCC(=O)NC2=O)CC1. The lowest BCUT2D eigenvalue weighted by atomic mass is 9.86. The molecule has 1 saturated heterocycles. The first-order valence-corrected chi connectivity index (χ1v) is 6.25. The molecule has 0 aromatic heterocycles. The summed E-state index contributed by atoms with van der Waals surface area (Å²) in [7, 11) is 0. The average Bonchev–Trinajstić information content (AvgIpc) is 2.25. The summed E-state index contributed by atoms with van der Waals surface area (Å²) in [5.41, 5.74) is 0. The molecule has 2 fully saturated rings. The van der Waals surface area contributed by atoms with Gasteiger partial charge in [-0.15, -0.1) is 0 Å². The Bertz CT molecular complexity index is 283. The van der Waals surface area contributed by atoms with E-state index in [-0.39, 0.29) is 17.9 Å². The fourth-order valence-corrected chi connectivity index (χ4v) is 2.56. The normalized spacial score (nSPS) is 35.9. The first-order chi connectivity index (χ1) is 7.65. The molecule has 90 valence electrons. The van der Waals surface area contributed by atoms with E-state index in [2.05, 4.69) is 17.6 Å². The standard InChI is InChI=1S/C12H20N2O2/c1-8-2-4-9(5-3-8)13-10-6-7-11(15)14-12(10)16/h8-10,13H,2-7H2,1H3,(H,14,15,16). The molecule has 1 unspecified atom stereocenters. The van der Waals surface area contributed by atoms with Crippen molar-refractivity contribution < 1.29 is 9.59 Å².